The van der Waals surface area contributed by atoms with Crippen LogP contribution in [-0.4, -0.2) is 18.9 Å². The molecule has 2 fully saturated rings. The Hall–Kier alpha value is -0.860. The Labute approximate surface area is 64.7 Å². The van der Waals surface area contributed by atoms with Crippen molar-refractivity contribution in [2.75, 3.05) is 7.11 Å². The lowest BCUT2D eigenvalue weighted by atomic mass is 10.1. The van der Waals surface area contributed by atoms with Crippen molar-refractivity contribution >= 4 is 11.8 Å². The van der Waals surface area contributed by atoms with Crippen molar-refractivity contribution in [1.29, 1.82) is 0 Å². The van der Waals surface area contributed by atoms with E-state index in [1.54, 1.807) is 0 Å². The van der Waals surface area contributed by atoms with Gasteiger partial charge >= 0.3 is 5.97 Å². The SMILES string of the molecule is COC(=O)C1[C@H]2CC(=O)C[C@@H]12. The summed E-state index contributed by atoms with van der Waals surface area (Å²) in [7, 11) is 1.40. The molecule has 2 rings (SSSR count). The minimum Gasteiger partial charge on any atom is -0.469 e. The number of rotatable bonds is 1. The van der Waals surface area contributed by atoms with Gasteiger partial charge < -0.3 is 4.74 Å². The molecule has 0 saturated heterocycles. The lowest BCUT2D eigenvalue weighted by molar-refractivity contribution is -0.143. The molecule has 0 aromatic carbocycles. The third-order valence-electron chi connectivity index (χ3n) is 2.73. The highest BCUT2D eigenvalue weighted by Crippen LogP contribution is 2.56. The minimum absolute atomic E-state index is 0.0534. The first-order valence-electron chi connectivity index (χ1n) is 3.83. The number of hydrogen-bond donors (Lipinski definition) is 0. The molecule has 0 spiro atoms. The van der Waals surface area contributed by atoms with Gasteiger partial charge in [-0.15, -0.1) is 0 Å². The predicted molar refractivity (Wildman–Crippen MR) is 36.7 cm³/mol. The number of Topliss-reactive ketones (excluding diaryl/α,β-unsaturated/α-hetero) is 1. The van der Waals surface area contributed by atoms with E-state index in [0.717, 1.165) is 0 Å². The largest absolute Gasteiger partial charge is 0.469 e. The molecule has 2 aliphatic carbocycles. The molecule has 0 aliphatic heterocycles. The molecule has 0 heterocycles. The van der Waals surface area contributed by atoms with Gasteiger partial charge in [-0.1, -0.05) is 0 Å². The third-order valence-corrected chi connectivity index (χ3v) is 2.73. The maximum atomic E-state index is 11.0. The van der Waals surface area contributed by atoms with Crippen LogP contribution in [0.1, 0.15) is 12.8 Å². The van der Waals surface area contributed by atoms with Crippen molar-refractivity contribution in [2.24, 2.45) is 17.8 Å². The van der Waals surface area contributed by atoms with Crippen molar-refractivity contribution < 1.29 is 14.3 Å². The highest BCUT2D eigenvalue weighted by molar-refractivity contribution is 5.88. The molecule has 0 radical (unpaired) electrons. The normalized spacial score (nSPS) is 40.1. The van der Waals surface area contributed by atoms with Crippen LogP contribution in [0.15, 0.2) is 0 Å². The molecule has 0 aromatic heterocycles. The number of carbonyl (C=O) groups is 2. The van der Waals surface area contributed by atoms with E-state index >= 15 is 0 Å². The number of hydrogen-bond acceptors (Lipinski definition) is 3. The lowest BCUT2D eigenvalue weighted by Gasteiger charge is -1.98. The second kappa shape index (κ2) is 2.06. The number of carbonyl (C=O) groups excluding carboxylic acids is 2. The van der Waals surface area contributed by atoms with Crippen LogP contribution in [-0.2, 0) is 14.3 Å². The first-order chi connectivity index (χ1) is 5.24. The number of methoxy groups -OCH3 is 1. The highest BCUT2D eigenvalue weighted by Gasteiger charge is 2.60. The molecular formula is C8H10O3. The number of ketones is 1. The van der Waals surface area contributed by atoms with Gasteiger partial charge in [0.25, 0.3) is 0 Å². The van der Waals surface area contributed by atoms with Gasteiger partial charge in [0.15, 0.2) is 0 Å². The Morgan fingerprint density at radius 3 is 2.45 bits per heavy atom. The summed E-state index contributed by atoms with van der Waals surface area (Å²) in [6.45, 7) is 0. The highest BCUT2D eigenvalue weighted by atomic mass is 16.5. The summed E-state index contributed by atoms with van der Waals surface area (Å²) in [5.41, 5.74) is 0. The van der Waals surface area contributed by atoms with Crippen LogP contribution in [0.5, 0.6) is 0 Å². The van der Waals surface area contributed by atoms with Gasteiger partial charge in [-0.2, -0.15) is 0 Å². The van der Waals surface area contributed by atoms with Gasteiger partial charge in [-0.25, -0.2) is 0 Å². The van der Waals surface area contributed by atoms with Gasteiger partial charge in [0.2, 0.25) is 0 Å². The Morgan fingerprint density at radius 2 is 2.00 bits per heavy atom. The molecule has 2 aliphatic rings. The maximum absolute atomic E-state index is 11.0. The number of esters is 1. The first-order valence-corrected chi connectivity index (χ1v) is 3.83. The molecular weight excluding hydrogens is 144 g/mol. The first kappa shape index (κ1) is 6.83. The van der Waals surface area contributed by atoms with Gasteiger partial charge in [-0.3, -0.25) is 9.59 Å². The van der Waals surface area contributed by atoms with Crippen molar-refractivity contribution in [3.05, 3.63) is 0 Å². The molecule has 3 heteroatoms. The fourth-order valence-electron chi connectivity index (χ4n) is 2.10. The van der Waals surface area contributed by atoms with Crippen molar-refractivity contribution in [2.45, 2.75) is 12.8 Å². The van der Waals surface area contributed by atoms with E-state index in [0.29, 0.717) is 30.5 Å². The zero-order valence-corrected chi connectivity index (χ0v) is 6.37. The molecule has 3 nitrogen and oxygen atoms in total. The van der Waals surface area contributed by atoms with E-state index in [9.17, 15) is 9.59 Å². The Bertz CT molecular complexity index is 207. The molecule has 11 heavy (non-hydrogen) atoms. The van der Waals surface area contributed by atoms with Gasteiger partial charge in [-0.05, 0) is 11.8 Å². The zero-order chi connectivity index (χ0) is 8.01. The van der Waals surface area contributed by atoms with Crippen LogP contribution in [0.3, 0.4) is 0 Å². The monoisotopic (exact) mass is 154 g/mol. The molecule has 0 bridgehead atoms. The third kappa shape index (κ3) is 0.870. The predicted octanol–water partition coefficient (Wildman–Crippen LogP) is 0.384. The summed E-state index contributed by atoms with van der Waals surface area (Å²) >= 11 is 0. The van der Waals surface area contributed by atoms with Crippen LogP contribution in [0.2, 0.25) is 0 Å². The molecule has 0 amide bonds. The number of fused-ring (bicyclic) bond motifs is 1. The average Bonchev–Trinajstić information content (AvgIpc) is 2.48. The van der Waals surface area contributed by atoms with E-state index in [2.05, 4.69) is 4.74 Å². The molecule has 0 aromatic rings. The van der Waals surface area contributed by atoms with Crippen molar-refractivity contribution in [1.82, 2.24) is 0 Å². The number of ether oxygens (including phenoxy) is 1. The van der Waals surface area contributed by atoms with Crippen molar-refractivity contribution in [3.63, 3.8) is 0 Å². The quantitative estimate of drug-likeness (QED) is 0.513. The lowest BCUT2D eigenvalue weighted by Crippen LogP contribution is -2.09. The molecule has 3 atom stereocenters. The molecule has 0 N–H and O–H groups in total. The second-order valence-electron chi connectivity index (χ2n) is 3.32. The van der Waals surface area contributed by atoms with Crippen LogP contribution in [0, 0.1) is 17.8 Å². The summed E-state index contributed by atoms with van der Waals surface area (Å²) in [6, 6.07) is 0. The van der Waals surface area contributed by atoms with Gasteiger partial charge in [0.1, 0.15) is 5.78 Å². The summed E-state index contributed by atoms with van der Waals surface area (Å²) in [6.07, 6.45) is 1.20. The molecule has 2 saturated carbocycles. The van der Waals surface area contributed by atoms with E-state index in [-0.39, 0.29) is 11.9 Å². The smallest absolute Gasteiger partial charge is 0.309 e. The van der Waals surface area contributed by atoms with E-state index in [4.69, 9.17) is 0 Å². The standard InChI is InChI=1S/C8H10O3/c1-11-8(10)7-5-2-4(9)3-6(5)7/h5-7H,2-3H2,1H3/t5-,6+,7?. The second-order valence-corrected chi connectivity index (χ2v) is 3.32. The Kier molecular flexibility index (Phi) is 1.28. The molecule has 60 valence electrons. The fraction of sp³-hybridized carbons (Fsp3) is 0.750. The Morgan fingerprint density at radius 1 is 1.45 bits per heavy atom. The van der Waals surface area contributed by atoms with Gasteiger partial charge in [0, 0.05) is 12.8 Å². The minimum atomic E-state index is -0.132. The van der Waals surface area contributed by atoms with E-state index < -0.39 is 0 Å². The average molecular weight is 154 g/mol. The van der Waals surface area contributed by atoms with Crippen molar-refractivity contribution in [3.8, 4) is 0 Å². The summed E-state index contributed by atoms with van der Waals surface area (Å²) in [5.74, 6) is 0.884. The zero-order valence-electron chi connectivity index (χ0n) is 6.37. The summed E-state index contributed by atoms with van der Waals surface area (Å²) in [4.78, 5) is 21.7. The van der Waals surface area contributed by atoms with Gasteiger partial charge in [0.05, 0.1) is 13.0 Å². The van der Waals surface area contributed by atoms with Crippen LogP contribution in [0.25, 0.3) is 0 Å². The Balaban J connectivity index is 1.97. The maximum Gasteiger partial charge on any atom is 0.309 e. The topological polar surface area (TPSA) is 43.4 Å². The molecule has 1 unspecified atom stereocenters. The van der Waals surface area contributed by atoms with E-state index in [1.165, 1.54) is 7.11 Å². The van der Waals surface area contributed by atoms with E-state index in [1.807, 2.05) is 0 Å². The van der Waals surface area contributed by atoms with Crippen LogP contribution >= 0.6 is 0 Å². The fourth-order valence-corrected chi connectivity index (χ4v) is 2.10. The summed E-state index contributed by atoms with van der Waals surface area (Å²) in [5, 5.41) is 0. The summed E-state index contributed by atoms with van der Waals surface area (Å²) < 4.78 is 4.60. The van der Waals surface area contributed by atoms with Crippen LogP contribution < -0.4 is 0 Å². The van der Waals surface area contributed by atoms with Crippen LogP contribution in [0.4, 0.5) is 0 Å².